The third-order valence-corrected chi connectivity index (χ3v) is 3.88. The third-order valence-electron chi connectivity index (χ3n) is 3.88. The molecule has 0 saturated heterocycles. The van der Waals surface area contributed by atoms with Crippen molar-refractivity contribution in [2.45, 2.75) is 63.8 Å². The van der Waals surface area contributed by atoms with Gasteiger partial charge >= 0.3 is 5.97 Å². The van der Waals surface area contributed by atoms with Crippen molar-refractivity contribution in [1.82, 2.24) is 5.32 Å². The van der Waals surface area contributed by atoms with Crippen LogP contribution in [0.25, 0.3) is 0 Å². The molecule has 0 unspecified atom stereocenters. The lowest BCUT2D eigenvalue weighted by molar-refractivity contribution is -0.137. The molecule has 0 aromatic heterocycles. The second-order valence-electron chi connectivity index (χ2n) is 5.60. The Kier molecular flexibility index (Phi) is 7.64. The van der Waals surface area contributed by atoms with Gasteiger partial charge < -0.3 is 10.4 Å². The van der Waals surface area contributed by atoms with Crippen molar-refractivity contribution >= 4 is 24.5 Å². The van der Waals surface area contributed by atoms with E-state index >= 15 is 0 Å². The fourth-order valence-electron chi connectivity index (χ4n) is 2.75. The van der Waals surface area contributed by atoms with Gasteiger partial charge in [0.1, 0.15) is 6.04 Å². The van der Waals surface area contributed by atoms with Gasteiger partial charge in [-0.1, -0.05) is 32.1 Å². The summed E-state index contributed by atoms with van der Waals surface area (Å²) in [6.45, 7) is 3.24. The molecule has 1 saturated carbocycles. The second kappa shape index (κ2) is 9.26. The number of carbonyl (C=O) groups excluding carboxylic acids is 2. The van der Waals surface area contributed by atoms with E-state index in [9.17, 15) is 14.4 Å². The standard InChI is InChI=1S/C15H24N2O4/c1-16-15(21)12(10-11-6-3-2-4-7-11)17-13(18)8-5-9-14(19)20/h11-12H,1-10H2,(H,17,18)(H,19,20)/t12-/m0/s1. The average Bonchev–Trinajstić information content (AvgIpc) is 2.46. The summed E-state index contributed by atoms with van der Waals surface area (Å²) in [4.78, 5) is 37.4. The Labute approximate surface area is 125 Å². The third kappa shape index (κ3) is 7.02. The van der Waals surface area contributed by atoms with Crippen LogP contribution in [0.3, 0.4) is 0 Å². The first-order valence-corrected chi connectivity index (χ1v) is 7.54. The van der Waals surface area contributed by atoms with Crippen LogP contribution in [-0.2, 0) is 14.4 Å². The van der Waals surface area contributed by atoms with Gasteiger partial charge in [0.25, 0.3) is 5.91 Å². The van der Waals surface area contributed by atoms with E-state index in [1.807, 2.05) is 0 Å². The fourth-order valence-corrected chi connectivity index (χ4v) is 2.75. The van der Waals surface area contributed by atoms with E-state index in [2.05, 4.69) is 17.0 Å². The van der Waals surface area contributed by atoms with Gasteiger partial charge in [-0.05, 0) is 25.5 Å². The summed E-state index contributed by atoms with van der Waals surface area (Å²) in [5.41, 5.74) is 0. The molecule has 2 N–H and O–H groups in total. The zero-order chi connectivity index (χ0) is 15.7. The van der Waals surface area contributed by atoms with E-state index < -0.39 is 17.9 Å². The van der Waals surface area contributed by atoms with E-state index in [0.29, 0.717) is 12.3 Å². The van der Waals surface area contributed by atoms with Gasteiger partial charge in [-0.2, -0.15) is 0 Å². The van der Waals surface area contributed by atoms with Gasteiger partial charge in [0, 0.05) is 12.8 Å². The Bertz CT molecular complexity index is 389. The average molecular weight is 296 g/mol. The zero-order valence-corrected chi connectivity index (χ0v) is 12.3. The Balaban J connectivity index is 2.44. The number of carbonyl (C=O) groups is 3. The molecule has 21 heavy (non-hydrogen) atoms. The van der Waals surface area contributed by atoms with Crippen LogP contribution in [0, 0.1) is 5.92 Å². The minimum Gasteiger partial charge on any atom is -0.481 e. The summed E-state index contributed by atoms with van der Waals surface area (Å²) in [5, 5.41) is 11.2. The van der Waals surface area contributed by atoms with Crippen molar-refractivity contribution in [1.29, 1.82) is 0 Å². The van der Waals surface area contributed by atoms with Crippen LogP contribution in [0.15, 0.2) is 4.99 Å². The quantitative estimate of drug-likeness (QED) is 0.669. The van der Waals surface area contributed by atoms with Crippen LogP contribution in [0.1, 0.15) is 57.8 Å². The normalized spacial score (nSPS) is 17.0. The van der Waals surface area contributed by atoms with Crippen molar-refractivity contribution in [2.24, 2.45) is 10.9 Å². The molecule has 0 bridgehead atoms. The number of amides is 2. The highest BCUT2D eigenvalue weighted by molar-refractivity contribution is 5.90. The van der Waals surface area contributed by atoms with Gasteiger partial charge in [0.15, 0.2) is 0 Å². The van der Waals surface area contributed by atoms with E-state index in [4.69, 9.17) is 5.11 Å². The topological polar surface area (TPSA) is 95.8 Å². The van der Waals surface area contributed by atoms with Crippen LogP contribution >= 0.6 is 0 Å². The first kappa shape index (κ1) is 17.3. The van der Waals surface area contributed by atoms with Crippen molar-refractivity contribution < 1.29 is 19.5 Å². The summed E-state index contributed by atoms with van der Waals surface area (Å²) >= 11 is 0. The molecule has 0 radical (unpaired) electrons. The molecule has 1 aliphatic carbocycles. The molecule has 6 nitrogen and oxygen atoms in total. The van der Waals surface area contributed by atoms with E-state index in [1.165, 1.54) is 19.3 Å². The molecule has 1 aliphatic rings. The lowest BCUT2D eigenvalue weighted by atomic mass is 9.84. The number of rotatable bonds is 8. The van der Waals surface area contributed by atoms with Gasteiger partial charge in [-0.15, -0.1) is 0 Å². The van der Waals surface area contributed by atoms with Crippen molar-refractivity contribution in [2.75, 3.05) is 0 Å². The minimum atomic E-state index is -0.926. The summed E-state index contributed by atoms with van der Waals surface area (Å²) in [7, 11) is 0. The number of aliphatic imine (C=N–C) groups is 1. The molecule has 1 fully saturated rings. The van der Waals surface area contributed by atoms with Crippen LogP contribution in [0.5, 0.6) is 0 Å². The van der Waals surface area contributed by atoms with Gasteiger partial charge in [-0.3, -0.25) is 14.4 Å². The largest absolute Gasteiger partial charge is 0.481 e. The van der Waals surface area contributed by atoms with Gasteiger partial charge in [0.2, 0.25) is 5.91 Å². The molecule has 2 amide bonds. The Morgan fingerprint density at radius 2 is 1.86 bits per heavy atom. The summed E-state index contributed by atoms with van der Waals surface area (Å²) in [6, 6.07) is -0.622. The molecular formula is C15H24N2O4. The molecule has 1 atom stereocenters. The zero-order valence-electron chi connectivity index (χ0n) is 12.3. The van der Waals surface area contributed by atoms with Crippen LogP contribution in [-0.4, -0.2) is 35.6 Å². The highest BCUT2D eigenvalue weighted by atomic mass is 16.4. The predicted octanol–water partition coefficient (Wildman–Crippen LogP) is 1.92. The first-order chi connectivity index (χ1) is 10.0. The molecule has 118 valence electrons. The van der Waals surface area contributed by atoms with E-state index in [-0.39, 0.29) is 25.2 Å². The van der Waals surface area contributed by atoms with E-state index in [1.54, 1.807) is 0 Å². The number of aliphatic carboxylic acids is 1. The maximum Gasteiger partial charge on any atom is 0.303 e. The highest BCUT2D eigenvalue weighted by Gasteiger charge is 2.25. The molecule has 0 aliphatic heterocycles. The van der Waals surface area contributed by atoms with Gasteiger partial charge in [-0.25, -0.2) is 4.99 Å². The number of hydrogen-bond acceptors (Lipinski definition) is 3. The molecule has 0 aromatic rings. The maximum atomic E-state index is 11.8. The van der Waals surface area contributed by atoms with Crippen LogP contribution in [0.4, 0.5) is 0 Å². The van der Waals surface area contributed by atoms with Crippen LogP contribution < -0.4 is 5.32 Å². The van der Waals surface area contributed by atoms with E-state index in [0.717, 1.165) is 12.8 Å². The molecule has 1 rings (SSSR count). The Morgan fingerprint density at radius 1 is 1.19 bits per heavy atom. The molecular weight excluding hydrogens is 272 g/mol. The van der Waals surface area contributed by atoms with Crippen LogP contribution in [0.2, 0.25) is 0 Å². The molecule has 0 spiro atoms. The minimum absolute atomic E-state index is 0.0473. The monoisotopic (exact) mass is 296 g/mol. The highest BCUT2D eigenvalue weighted by Crippen LogP contribution is 2.27. The van der Waals surface area contributed by atoms with Crippen molar-refractivity contribution in [3.05, 3.63) is 0 Å². The number of nitrogens with one attached hydrogen (secondary N) is 1. The lowest BCUT2D eigenvalue weighted by Gasteiger charge is -2.25. The smallest absolute Gasteiger partial charge is 0.303 e. The summed E-state index contributed by atoms with van der Waals surface area (Å²) < 4.78 is 0. The first-order valence-electron chi connectivity index (χ1n) is 7.54. The summed E-state index contributed by atoms with van der Waals surface area (Å²) in [6.07, 6.45) is 6.66. The SMILES string of the molecule is C=NC(=O)[C@H](CC1CCCCC1)NC(=O)CCCC(=O)O. The number of hydrogen-bond donors (Lipinski definition) is 2. The number of carboxylic acid groups (broad SMARTS) is 1. The number of carboxylic acids is 1. The van der Waals surface area contributed by atoms with Gasteiger partial charge in [0.05, 0.1) is 0 Å². The number of nitrogens with zero attached hydrogens (tertiary/aromatic N) is 1. The maximum absolute atomic E-state index is 11.8. The molecule has 0 heterocycles. The summed E-state index contributed by atoms with van der Waals surface area (Å²) in [5.74, 6) is -1.19. The Morgan fingerprint density at radius 3 is 2.43 bits per heavy atom. The fraction of sp³-hybridized carbons (Fsp3) is 0.733. The molecule has 0 aromatic carbocycles. The molecule has 6 heteroatoms. The Hall–Kier alpha value is -1.72. The second-order valence-corrected chi connectivity index (χ2v) is 5.60. The predicted molar refractivity (Wildman–Crippen MR) is 79.2 cm³/mol. The van der Waals surface area contributed by atoms with Crippen molar-refractivity contribution in [3.8, 4) is 0 Å². The lowest BCUT2D eigenvalue weighted by Crippen LogP contribution is -2.41. The van der Waals surface area contributed by atoms with Crippen molar-refractivity contribution in [3.63, 3.8) is 0 Å².